The van der Waals surface area contributed by atoms with E-state index in [1.165, 1.54) is 0 Å². The first-order valence-electron chi connectivity index (χ1n) is 7.91. The average Bonchev–Trinajstić information content (AvgIpc) is 2.52. The second kappa shape index (κ2) is 16.6. The van der Waals surface area contributed by atoms with Gasteiger partial charge in [-0.2, -0.15) is 0 Å². The maximum Gasteiger partial charge on any atom is 0.404 e. The highest BCUT2D eigenvalue weighted by Crippen LogP contribution is 2.66. The average molecular weight is 470 g/mol. The van der Waals surface area contributed by atoms with E-state index in [4.69, 9.17) is 46.0 Å². The van der Waals surface area contributed by atoms with E-state index < -0.39 is 25.6 Å². The first-order valence-corrected chi connectivity index (χ1v) is 13.0. The van der Waals surface area contributed by atoms with Gasteiger partial charge in [0.2, 0.25) is 0 Å². The molecule has 0 spiro atoms. The van der Waals surface area contributed by atoms with E-state index in [9.17, 15) is 9.59 Å². The fourth-order valence-corrected chi connectivity index (χ4v) is 7.58. The minimum Gasteiger partial charge on any atom is -0.446 e. The zero-order valence-corrected chi connectivity index (χ0v) is 19.2. The summed E-state index contributed by atoms with van der Waals surface area (Å²) >= 11 is 10.4. The summed E-state index contributed by atoms with van der Waals surface area (Å²) < 4.78 is 35.3. The van der Waals surface area contributed by atoms with E-state index in [2.05, 4.69) is 20.9 Å². The van der Waals surface area contributed by atoms with Crippen LogP contribution in [0.2, 0.25) is 0 Å². The van der Waals surface area contributed by atoms with Crippen LogP contribution in [-0.2, 0) is 55.5 Å². The van der Waals surface area contributed by atoms with Crippen LogP contribution < -0.4 is 11.5 Å². The van der Waals surface area contributed by atoms with Crippen LogP contribution in [0.25, 0.3) is 0 Å². The normalized spacial score (nSPS) is 11.3. The molecule has 0 rings (SSSR count). The van der Waals surface area contributed by atoms with Crippen LogP contribution in [0.5, 0.6) is 0 Å². The van der Waals surface area contributed by atoms with Crippen molar-refractivity contribution in [2.24, 2.45) is 11.5 Å². The number of hydrogen-bond donors (Lipinski definition) is 2. The Morgan fingerprint density at radius 3 is 1.15 bits per heavy atom. The molecule has 2 amide bonds. The number of rotatable bonds is 13. The van der Waals surface area contributed by atoms with Gasteiger partial charge in [0.05, 0.1) is 26.4 Å². The predicted molar refractivity (Wildman–Crippen MR) is 107 cm³/mol. The summed E-state index contributed by atoms with van der Waals surface area (Å²) in [5.41, 5.74) is 9.15. The van der Waals surface area contributed by atoms with Gasteiger partial charge >= 0.3 is 25.6 Å². The van der Waals surface area contributed by atoms with Gasteiger partial charge in [0.1, 0.15) is 13.2 Å². The van der Waals surface area contributed by atoms with Crippen LogP contribution in [0.15, 0.2) is 0 Å². The Balaban J connectivity index is 0. The molecule has 0 bridgehead atoms. The third-order valence-corrected chi connectivity index (χ3v) is 8.28. The van der Waals surface area contributed by atoms with Gasteiger partial charge in [-0.1, -0.05) is 0 Å². The maximum absolute atomic E-state index is 9.87. The summed E-state index contributed by atoms with van der Waals surface area (Å²) in [5.74, 6) is 0. The van der Waals surface area contributed by atoms with Crippen molar-refractivity contribution in [3.05, 3.63) is 0 Å². The molecule has 0 aromatic rings. The maximum atomic E-state index is 9.87. The number of amides is 2. The Labute approximate surface area is 169 Å². The molecule has 0 unspecified atom stereocenters. The largest absolute Gasteiger partial charge is 0.446 e. The molecule has 4 N–H and O–H groups in total. The van der Waals surface area contributed by atoms with Crippen molar-refractivity contribution in [1.82, 2.24) is 0 Å². The Hall–Kier alpha value is -0.360. The van der Waals surface area contributed by atoms with E-state index in [0.29, 0.717) is 26.4 Å². The minimum atomic E-state index is -2.87. The van der Waals surface area contributed by atoms with Crippen molar-refractivity contribution in [3.8, 4) is 0 Å². The van der Waals surface area contributed by atoms with Crippen molar-refractivity contribution >= 4 is 49.2 Å². The van der Waals surface area contributed by atoms with Crippen LogP contribution >= 0.6 is 13.4 Å². The van der Waals surface area contributed by atoms with Crippen molar-refractivity contribution < 1.29 is 41.5 Å². The summed E-state index contributed by atoms with van der Waals surface area (Å²) in [6.45, 7) is 2.94. The Kier molecular flexibility index (Phi) is 17.7. The summed E-state index contributed by atoms with van der Waals surface area (Å²) in [4.78, 5) is 19.7. The van der Waals surface area contributed by atoms with E-state index >= 15 is 0 Å². The molecule has 11 nitrogen and oxygen atoms in total. The fourth-order valence-electron chi connectivity index (χ4n) is 1.21. The quantitative estimate of drug-likeness (QED) is 0.302. The molecule has 0 fully saturated rings. The summed E-state index contributed by atoms with van der Waals surface area (Å²) in [6.07, 6.45) is -1.82. The molecule has 0 heterocycles. The standard InChI is InChI=1S/C8H20O5P2S2.C4H8N2O4/c1-5-9-14(16,10-6-2)13-15(17,11-7-3)12-8-4;5-3(7)9-1-2-10-4(6)8/h5-8H2,1-4H3;1-2H2,(H2,5,7)(H2,6,8). The molecule has 0 aliphatic rings. The third kappa shape index (κ3) is 17.5. The molecule has 0 aromatic heterocycles. The molecule has 0 aromatic carbocycles. The van der Waals surface area contributed by atoms with Crippen LogP contribution in [0, 0.1) is 0 Å². The summed E-state index contributed by atoms with van der Waals surface area (Å²) in [6, 6.07) is 0. The van der Waals surface area contributed by atoms with Gasteiger partial charge < -0.3 is 39.0 Å². The third-order valence-electron chi connectivity index (χ3n) is 1.92. The molecule has 0 aliphatic heterocycles. The number of carbonyl (C=O) groups is 2. The van der Waals surface area contributed by atoms with E-state index in [0.717, 1.165) is 0 Å². The lowest BCUT2D eigenvalue weighted by molar-refractivity contribution is 0.105. The molecule has 0 saturated carbocycles. The first-order chi connectivity index (χ1) is 12.6. The monoisotopic (exact) mass is 470 g/mol. The lowest BCUT2D eigenvalue weighted by Crippen LogP contribution is -2.20. The predicted octanol–water partition coefficient (Wildman–Crippen LogP) is 2.78. The number of primary amides is 2. The smallest absolute Gasteiger partial charge is 0.404 e. The molecule has 15 heteroatoms. The van der Waals surface area contributed by atoms with Crippen molar-refractivity contribution in [2.75, 3.05) is 39.6 Å². The SMILES string of the molecule is CCOP(=S)(OCC)OP(=S)(OCC)OCC.NC(=O)OCCOC(N)=O. The number of ether oxygens (including phenoxy) is 2. The zero-order chi connectivity index (χ0) is 21.3. The van der Waals surface area contributed by atoms with Gasteiger partial charge in [-0.05, 0) is 51.3 Å². The fraction of sp³-hybridized carbons (Fsp3) is 0.833. The van der Waals surface area contributed by atoms with Crippen molar-refractivity contribution in [1.29, 1.82) is 0 Å². The lowest BCUT2D eigenvalue weighted by Gasteiger charge is -2.27. The lowest BCUT2D eigenvalue weighted by atomic mass is 10.8. The van der Waals surface area contributed by atoms with E-state index in [1.807, 2.05) is 27.7 Å². The summed E-state index contributed by atoms with van der Waals surface area (Å²) in [7, 11) is 0. The first kappa shape index (κ1) is 28.8. The second-order valence-corrected chi connectivity index (χ2v) is 10.1. The molecule has 27 heavy (non-hydrogen) atoms. The van der Waals surface area contributed by atoms with Crippen molar-refractivity contribution in [2.45, 2.75) is 27.7 Å². The number of nitrogens with two attached hydrogens (primary N) is 2. The second-order valence-electron chi connectivity index (χ2n) is 3.98. The number of carbonyl (C=O) groups excluding carboxylic acids is 2. The Morgan fingerprint density at radius 2 is 0.963 bits per heavy atom. The highest BCUT2D eigenvalue weighted by Gasteiger charge is 2.31. The van der Waals surface area contributed by atoms with E-state index in [-0.39, 0.29) is 13.2 Å². The van der Waals surface area contributed by atoms with Gasteiger partial charge in [-0.25, -0.2) is 13.9 Å². The van der Waals surface area contributed by atoms with Gasteiger partial charge in [0.15, 0.2) is 0 Å². The van der Waals surface area contributed by atoms with Crippen LogP contribution in [0.1, 0.15) is 27.7 Å². The summed E-state index contributed by atoms with van der Waals surface area (Å²) in [5, 5.41) is 0. The molecular weight excluding hydrogens is 442 g/mol. The van der Waals surface area contributed by atoms with Gasteiger partial charge in [-0.3, -0.25) is 0 Å². The molecule has 0 aliphatic carbocycles. The number of hydrogen-bond acceptors (Lipinski definition) is 11. The van der Waals surface area contributed by atoms with Gasteiger partial charge in [0.25, 0.3) is 0 Å². The van der Waals surface area contributed by atoms with Crippen LogP contribution in [0.3, 0.4) is 0 Å². The van der Waals surface area contributed by atoms with Gasteiger partial charge in [0, 0.05) is 0 Å². The zero-order valence-electron chi connectivity index (χ0n) is 15.8. The molecule has 0 radical (unpaired) electrons. The highest BCUT2D eigenvalue weighted by atomic mass is 32.5. The van der Waals surface area contributed by atoms with Gasteiger partial charge in [-0.15, -0.1) is 0 Å². The Bertz CT molecular complexity index is 461. The molecular formula is C12H28N2O9P2S2. The van der Waals surface area contributed by atoms with Crippen molar-refractivity contribution in [3.63, 3.8) is 0 Å². The topological polar surface area (TPSA) is 151 Å². The Morgan fingerprint density at radius 1 is 0.704 bits per heavy atom. The minimum absolute atomic E-state index is 0.0712. The van der Waals surface area contributed by atoms with Crippen LogP contribution in [0.4, 0.5) is 9.59 Å². The highest BCUT2D eigenvalue weighted by molar-refractivity contribution is 8.14. The van der Waals surface area contributed by atoms with E-state index in [1.54, 1.807) is 0 Å². The molecule has 0 atom stereocenters. The molecule has 0 saturated heterocycles. The van der Waals surface area contributed by atoms with Crippen LogP contribution in [-0.4, -0.2) is 51.8 Å². The molecule has 162 valence electrons.